The average molecular weight is 482 g/mol. The lowest BCUT2D eigenvalue weighted by molar-refractivity contribution is 0.0519. The molecule has 0 atom stereocenters. The number of thiophene rings is 1. The van der Waals surface area contributed by atoms with E-state index in [1.54, 1.807) is 29.0 Å². The fraction of sp³-hybridized carbons (Fsp3) is 0.107. The van der Waals surface area contributed by atoms with Crippen LogP contribution in [0.3, 0.4) is 0 Å². The molecule has 5 aromatic rings. The molecule has 0 unspecified atom stereocenters. The second-order valence-electron chi connectivity index (χ2n) is 8.04. The van der Waals surface area contributed by atoms with E-state index in [-0.39, 0.29) is 18.2 Å². The number of anilines is 1. The summed E-state index contributed by atoms with van der Waals surface area (Å²) in [6.07, 6.45) is 0. The number of aryl methyl sites for hydroxylation is 1. The summed E-state index contributed by atoms with van der Waals surface area (Å²) in [5, 5.41) is 10.6. The Bertz CT molecular complexity index is 1550. The standard InChI is InChI=1S/C28H23N3O3S/c1-3-34-28(33)23-17-25(31(30-23)24-10-5-4-7-18(24)2)19-8-6-9-22(16-19)29-27(32)21-11-12-26-20(15-21)13-14-35-26/h4-17H,3H2,1-2H3,(H,29,32). The van der Waals surface area contributed by atoms with Gasteiger partial charge >= 0.3 is 5.97 Å². The van der Waals surface area contributed by atoms with Crippen molar-refractivity contribution in [2.75, 3.05) is 11.9 Å². The van der Waals surface area contributed by atoms with Gasteiger partial charge in [-0.1, -0.05) is 30.3 Å². The molecule has 6 nitrogen and oxygen atoms in total. The van der Waals surface area contributed by atoms with Crippen LogP contribution in [0, 0.1) is 6.92 Å². The lowest BCUT2D eigenvalue weighted by Gasteiger charge is -2.12. The molecule has 7 heteroatoms. The van der Waals surface area contributed by atoms with Crippen molar-refractivity contribution in [3.8, 4) is 16.9 Å². The van der Waals surface area contributed by atoms with Crippen LogP contribution in [0.1, 0.15) is 33.3 Å². The van der Waals surface area contributed by atoms with Gasteiger partial charge in [0.05, 0.1) is 18.0 Å². The number of nitrogens with one attached hydrogen (secondary N) is 1. The highest BCUT2D eigenvalue weighted by molar-refractivity contribution is 7.17. The number of carbonyl (C=O) groups is 2. The maximum Gasteiger partial charge on any atom is 0.358 e. The number of esters is 1. The third-order valence-corrected chi connectivity index (χ3v) is 6.57. The molecule has 5 rings (SSSR count). The molecule has 2 aromatic heterocycles. The van der Waals surface area contributed by atoms with Gasteiger partial charge in [-0.25, -0.2) is 9.48 Å². The van der Waals surface area contributed by atoms with Gasteiger partial charge in [0.15, 0.2) is 5.69 Å². The molecule has 1 N–H and O–H groups in total. The molecule has 0 saturated heterocycles. The van der Waals surface area contributed by atoms with E-state index in [0.717, 1.165) is 32.6 Å². The number of rotatable bonds is 6. The van der Waals surface area contributed by atoms with Crippen molar-refractivity contribution >= 4 is 39.0 Å². The minimum absolute atomic E-state index is 0.185. The number of carbonyl (C=O) groups excluding carboxylic acids is 2. The van der Waals surface area contributed by atoms with Crippen molar-refractivity contribution in [2.45, 2.75) is 13.8 Å². The van der Waals surface area contributed by atoms with Gasteiger partial charge in [-0.15, -0.1) is 11.3 Å². The van der Waals surface area contributed by atoms with Crippen molar-refractivity contribution in [1.29, 1.82) is 0 Å². The largest absolute Gasteiger partial charge is 0.461 e. The molecule has 0 fully saturated rings. The monoisotopic (exact) mass is 481 g/mol. The number of aromatic nitrogens is 2. The maximum atomic E-state index is 12.9. The Morgan fingerprint density at radius 1 is 1.00 bits per heavy atom. The molecule has 0 spiro atoms. The molecule has 2 heterocycles. The van der Waals surface area contributed by atoms with Crippen LogP contribution in [-0.4, -0.2) is 28.3 Å². The molecule has 3 aromatic carbocycles. The number of nitrogens with zero attached hydrogens (tertiary/aromatic N) is 2. The van der Waals surface area contributed by atoms with Crippen LogP contribution in [0.4, 0.5) is 5.69 Å². The molecule has 0 aliphatic heterocycles. The normalized spacial score (nSPS) is 10.9. The molecule has 0 radical (unpaired) electrons. The predicted molar refractivity (Wildman–Crippen MR) is 139 cm³/mol. The summed E-state index contributed by atoms with van der Waals surface area (Å²) in [7, 11) is 0. The van der Waals surface area contributed by atoms with Gasteiger partial charge in [0.1, 0.15) is 0 Å². The molecular formula is C28H23N3O3S. The summed E-state index contributed by atoms with van der Waals surface area (Å²) in [5.74, 6) is -0.663. The number of amides is 1. The van der Waals surface area contributed by atoms with Crippen molar-refractivity contribution in [3.05, 3.63) is 101 Å². The number of para-hydroxylation sites is 1. The summed E-state index contributed by atoms with van der Waals surface area (Å²) in [6, 6.07) is 24.7. The number of hydrogen-bond acceptors (Lipinski definition) is 5. The highest BCUT2D eigenvalue weighted by Crippen LogP contribution is 2.28. The van der Waals surface area contributed by atoms with Crippen LogP contribution in [-0.2, 0) is 4.74 Å². The first-order valence-electron chi connectivity index (χ1n) is 11.3. The highest BCUT2D eigenvalue weighted by atomic mass is 32.1. The number of hydrogen-bond donors (Lipinski definition) is 1. The summed E-state index contributed by atoms with van der Waals surface area (Å²) in [6.45, 7) is 4.02. The minimum atomic E-state index is -0.477. The van der Waals surface area contributed by atoms with Crippen molar-refractivity contribution in [1.82, 2.24) is 9.78 Å². The zero-order valence-electron chi connectivity index (χ0n) is 19.3. The number of ether oxygens (including phenoxy) is 1. The molecule has 35 heavy (non-hydrogen) atoms. The van der Waals surface area contributed by atoms with Gasteiger partial charge in [0, 0.05) is 21.5 Å². The van der Waals surface area contributed by atoms with Crippen LogP contribution < -0.4 is 5.32 Å². The molecule has 174 valence electrons. The van der Waals surface area contributed by atoms with Crippen LogP contribution in [0.25, 0.3) is 27.0 Å². The number of fused-ring (bicyclic) bond motifs is 1. The first-order chi connectivity index (χ1) is 17.0. The zero-order valence-corrected chi connectivity index (χ0v) is 20.1. The Kier molecular flexibility index (Phi) is 6.16. The third kappa shape index (κ3) is 4.58. The molecule has 1 amide bonds. The summed E-state index contributed by atoms with van der Waals surface area (Å²) in [5.41, 5.74) is 4.87. The topological polar surface area (TPSA) is 73.2 Å². The van der Waals surface area contributed by atoms with Gasteiger partial charge in [0.2, 0.25) is 0 Å². The molecule has 0 bridgehead atoms. The first-order valence-corrected chi connectivity index (χ1v) is 12.1. The second kappa shape index (κ2) is 9.56. The average Bonchev–Trinajstić information content (AvgIpc) is 3.52. The van der Waals surface area contributed by atoms with E-state index in [1.165, 1.54) is 0 Å². The lowest BCUT2D eigenvalue weighted by Crippen LogP contribution is -2.11. The predicted octanol–water partition coefficient (Wildman–Crippen LogP) is 6.49. The smallest absolute Gasteiger partial charge is 0.358 e. The van der Waals surface area contributed by atoms with E-state index in [0.29, 0.717) is 11.3 Å². The maximum absolute atomic E-state index is 12.9. The minimum Gasteiger partial charge on any atom is -0.461 e. The third-order valence-electron chi connectivity index (χ3n) is 5.67. The van der Waals surface area contributed by atoms with E-state index < -0.39 is 5.97 Å². The van der Waals surface area contributed by atoms with E-state index in [1.807, 2.05) is 85.1 Å². The van der Waals surface area contributed by atoms with Gasteiger partial charge < -0.3 is 10.1 Å². The van der Waals surface area contributed by atoms with Crippen molar-refractivity contribution < 1.29 is 14.3 Å². The Labute approximate surface area is 206 Å². The van der Waals surface area contributed by atoms with Gasteiger partial charge in [0.25, 0.3) is 5.91 Å². The summed E-state index contributed by atoms with van der Waals surface area (Å²) >= 11 is 1.65. The molecule has 0 aliphatic rings. The van der Waals surface area contributed by atoms with Crippen molar-refractivity contribution in [2.24, 2.45) is 0 Å². The van der Waals surface area contributed by atoms with E-state index in [2.05, 4.69) is 10.4 Å². The quantitative estimate of drug-likeness (QED) is 0.281. The first kappa shape index (κ1) is 22.6. The Morgan fingerprint density at radius 3 is 2.69 bits per heavy atom. The SMILES string of the molecule is CCOC(=O)c1cc(-c2cccc(NC(=O)c3ccc4sccc4c3)c2)n(-c2ccccc2C)n1. The molecule has 0 aliphatic carbocycles. The van der Waals surface area contributed by atoms with Gasteiger partial charge in [-0.3, -0.25) is 4.79 Å². The van der Waals surface area contributed by atoms with Crippen LogP contribution in [0.15, 0.2) is 84.2 Å². The highest BCUT2D eigenvalue weighted by Gasteiger charge is 2.19. The lowest BCUT2D eigenvalue weighted by atomic mass is 10.1. The van der Waals surface area contributed by atoms with E-state index in [9.17, 15) is 9.59 Å². The molecular weight excluding hydrogens is 458 g/mol. The summed E-state index contributed by atoms with van der Waals surface area (Å²) < 4.78 is 8.06. The van der Waals surface area contributed by atoms with E-state index in [4.69, 9.17) is 4.74 Å². The molecule has 0 saturated carbocycles. The Hall–Kier alpha value is -4.23. The van der Waals surface area contributed by atoms with Crippen molar-refractivity contribution in [3.63, 3.8) is 0 Å². The Balaban J connectivity index is 1.50. The van der Waals surface area contributed by atoms with E-state index >= 15 is 0 Å². The zero-order chi connectivity index (χ0) is 24.4. The van der Waals surface area contributed by atoms with Crippen LogP contribution >= 0.6 is 11.3 Å². The van der Waals surface area contributed by atoms with Crippen LogP contribution in [0.5, 0.6) is 0 Å². The Morgan fingerprint density at radius 2 is 1.86 bits per heavy atom. The fourth-order valence-corrected chi connectivity index (χ4v) is 4.71. The fourth-order valence-electron chi connectivity index (χ4n) is 3.94. The van der Waals surface area contributed by atoms with Gasteiger partial charge in [-0.05, 0) is 78.7 Å². The second-order valence-corrected chi connectivity index (χ2v) is 8.99. The summed E-state index contributed by atoms with van der Waals surface area (Å²) in [4.78, 5) is 25.4. The van der Waals surface area contributed by atoms with Crippen LogP contribution in [0.2, 0.25) is 0 Å². The number of benzene rings is 3. The van der Waals surface area contributed by atoms with Gasteiger partial charge in [-0.2, -0.15) is 5.10 Å².